The lowest BCUT2D eigenvalue weighted by Gasteiger charge is -2.38. The fraction of sp³-hybridized carbons (Fsp3) is 0.579. The first-order valence-electron chi connectivity index (χ1n) is 9.49. The third-order valence-corrected chi connectivity index (χ3v) is 5.13. The summed E-state index contributed by atoms with van der Waals surface area (Å²) in [6.45, 7) is 4.64. The van der Waals surface area contributed by atoms with Crippen LogP contribution in [0.25, 0.3) is 0 Å². The van der Waals surface area contributed by atoms with E-state index in [2.05, 4.69) is 15.5 Å². The van der Waals surface area contributed by atoms with Crippen molar-refractivity contribution in [2.24, 2.45) is 0 Å². The number of amides is 2. The van der Waals surface area contributed by atoms with Gasteiger partial charge in [0.25, 0.3) is 5.91 Å². The lowest BCUT2D eigenvalue weighted by Crippen LogP contribution is -2.55. The van der Waals surface area contributed by atoms with Crippen LogP contribution in [0.1, 0.15) is 23.7 Å². The van der Waals surface area contributed by atoms with Crippen LogP contribution in [0.2, 0.25) is 5.02 Å². The van der Waals surface area contributed by atoms with Crippen molar-refractivity contribution >= 4 is 29.3 Å². The first kappa shape index (κ1) is 23.1. The molecular formula is C19H29ClN4O5. The summed E-state index contributed by atoms with van der Waals surface area (Å²) in [6, 6.07) is 2.87. The number of carbonyl (C=O) groups is 2. The van der Waals surface area contributed by atoms with Crippen molar-refractivity contribution < 1.29 is 23.8 Å². The number of nitrogens with zero attached hydrogens (tertiary/aromatic N) is 1. The molecule has 1 aromatic carbocycles. The minimum Gasteiger partial charge on any atom is -0.496 e. The summed E-state index contributed by atoms with van der Waals surface area (Å²) in [5.74, 6) is 0.0640. The molecule has 2 atom stereocenters. The minimum atomic E-state index is -0.422. The minimum absolute atomic E-state index is 0.164. The molecule has 29 heavy (non-hydrogen) atoms. The molecular weight excluding hydrogens is 400 g/mol. The third-order valence-electron chi connectivity index (χ3n) is 4.80. The number of nitrogens with two attached hydrogens (primary N) is 1. The van der Waals surface area contributed by atoms with E-state index in [1.165, 1.54) is 19.2 Å². The summed E-state index contributed by atoms with van der Waals surface area (Å²) in [4.78, 5) is 26.3. The van der Waals surface area contributed by atoms with E-state index in [1.54, 1.807) is 14.0 Å². The standard InChI is InChI=1S/C19H29ClN4O5/c1-4-29-19(26)22-6-8-24-7-5-15(17(11-24)28-3)23-18(25)12-9-13(20)14(21)10-16(12)27-2/h9-10,15,17H,4-8,11,21H2,1-3H3,(H,22,26)(H,23,25). The number of methoxy groups -OCH3 is 2. The van der Waals surface area contributed by atoms with Gasteiger partial charge >= 0.3 is 6.09 Å². The van der Waals surface area contributed by atoms with E-state index in [9.17, 15) is 9.59 Å². The Morgan fingerprint density at radius 3 is 2.76 bits per heavy atom. The average molecular weight is 429 g/mol. The highest BCUT2D eigenvalue weighted by molar-refractivity contribution is 6.33. The first-order valence-corrected chi connectivity index (χ1v) is 9.87. The number of nitrogen functional groups attached to an aromatic ring is 1. The van der Waals surface area contributed by atoms with Gasteiger partial charge in [-0.25, -0.2) is 4.79 Å². The van der Waals surface area contributed by atoms with Crippen LogP contribution in [-0.4, -0.2) is 76.1 Å². The highest BCUT2D eigenvalue weighted by Crippen LogP contribution is 2.29. The Morgan fingerprint density at radius 1 is 1.34 bits per heavy atom. The number of benzene rings is 1. The SMILES string of the molecule is CCOC(=O)NCCN1CCC(NC(=O)c2cc(Cl)c(N)cc2OC)C(OC)C1. The van der Waals surface area contributed by atoms with Gasteiger partial charge in [-0.15, -0.1) is 0 Å². The number of hydrogen-bond donors (Lipinski definition) is 3. The number of anilines is 1. The van der Waals surface area contributed by atoms with E-state index in [4.69, 9.17) is 31.5 Å². The van der Waals surface area contributed by atoms with Crippen molar-refractivity contribution in [1.29, 1.82) is 0 Å². The second-order valence-electron chi connectivity index (χ2n) is 6.66. The van der Waals surface area contributed by atoms with Gasteiger partial charge in [0.15, 0.2) is 0 Å². The fourth-order valence-corrected chi connectivity index (χ4v) is 3.41. The Hall–Kier alpha value is -2.23. The molecule has 4 N–H and O–H groups in total. The van der Waals surface area contributed by atoms with E-state index in [0.717, 1.165) is 6.54 Å². The number of rotatable bonds is 8. The summed E-state index contributed by atoms with van der Waals surface area (Å²) < 4.78 is 15.7. The largest absolute Gasteiger partial charge is 0.496 e. The van der Waals surface area contributed by atoms with Crippen molar-refractivity contribution in [1.82, 2.24) is 15.5 Å². The number of piperidine rings is 1. The molecule has 0 radical (unpaired) electrons. The van der Waals surface area contributed by atoms with Crippen LogP contribution in [0.5, 0.6) is 5.75 Å². The maximum atomic E-state index is 12.8. The van der Waals surface area contributed by atoms with Gasteiger partial charge in [0.2, 0.25) is 0 Å². The van der Waals surface area contributed by atoms with Gasteiger partial charge in [0.1, 0.15) is 5.75 Å². The van der Waals surface area contributed by atoms with E-state index in [-0.39, 0.29) is 18.1 Å². The summed E-state index contributed by atoms with van der Waals surface area (Å²) >= 11 is 6.06. The molecule has 0 bridgehead atoms. The van der Waals surface area contributed by atoms with Crippen LogP contribution in [0.15, 0.2) is 12.1 Å². The van der Waals surface area contributed by atoms with Crippen LogP contribution in [0, 0.1) is 0 Å². The lowest BCUT2D eigenvalue weighted by atomic mass is 10.0. The Bertz CT molecular complexity index is 718. The maximum Gasteiger partial charge on any atom is 0.407 e. The van der Waals surface area contributed by atoms with Gasteiger partial charge in [-0.3, -0.25) is 9.69 Å². The number of likely N-dealkylation sites (tertiary alicyclic amines) is 1. The topological polar surface area (TPSA) is 115 Å². The van der Waals surface area contributed by atoms with E-state index >= 15 is 0 Å². The predicted octanol–water partition coefficient (Wildman–Crippen LogP) is 1.50. The normalized spacial score (nSPS) is 19.4. The van der Waals surface area contributed by atoms with Crippen LogP contribution in [0.3, 0.4) is 0 Å². The van der Waals surface area contributed by atoms with Crippen LogP contribution in [-0.2, 0) is 9.47 Å². The van der Waals surface area contributed by atoms with Crippen LogP contribution >= 0.6 is 11.6 Å². The summed E-state index contributed by atoms with van der Waals surface area (Å²) in [6.07, 6.45) is 0.0916. The Balaban J connectivity index is 1.93. The molecule has 2 amide bonds. The zero-order valence-corrected chi connectivity index (χ0v) is 17.8. The Kier molecular flexibility index (Phi) is 8.81. The van der Waals surface area contributed by atoms with Gasteiger partial charge in [0.05, 0.1) is 42.1 Å². The predicted molar refractivity (Wildman–Crippen MR) is 111 cm³/mol. The van der Waals surface area contributed by atoms with Gasteiger partial charge in [-0.2, -0.15) is 0 Å². The van der Waals surface area contributed by atoms with Crippen LogP contribution in [0.4, 0.5) is 10.5 Å². The molecule has 1 saturated heterocycles. The third kappa shape index (κ3) is 6.38. The highest BCUT2D eigenvalue weighted by Gasteiger charge is 2.31. The van der Waals surface area contributed by atoms with Crippen molar-refractivity contribution in [3.05, 3.63) is 22.7 Å². The van der Waals surface area contributed by atoms with Gasteiger partial charge in [0, 0.05) is 39.4 Å². The van der Waals surface area contributed by atoms with Crippen molar-refractivity contribution in [2.75, 3.05) is 52.7 Å². The molecule has 162 valence electrons. The van der Waals surface area contributed by atoms with E-state index < -0.39 is 6.09 Å². The monoisotopic (exact) mass is 428 g/mol. The Labute approximate surface area is 175 Å². The molecule has 0 saturated carbocycles. The van der Waals surface area contributed by atoms with Gasteiger partial charge in [-0.05, 0) is 19.4 Å². The zero-order valence-electron chi connectivity index (χ0n) is 17.0. The summed E-state index contributed by atoms with van der Waals surface area (Å²) in [7, 11) is 3.09. The zero-order chi connectivity index (χ0) is 21.4. The molecule has 10 heteroatoms. The summed E-state index contributed by atoms with van der Waals surface area (Å²) in [5, 5.41) is 6.01. The lowest BCUT2D eigenvalue weighted by molar-refractivity contribution is 0.00676. The van der Waals surface area contributed by atoms with Crippen LogP contribution < -0.4 is 21.1 Å². The van der Waals surface area contributed by atoms with E-state index in [1.807, 2.05) is 0 Å². The Morgan fingerprint density at radius 2 is 2.10 bits per heavy atom. The smallest absolute Gasteiger partial charge is 0.407 e. The second-order valence-corrected chi connectivity index (χ2v) is 7.07. The van der Waals surface area contributed by atoms with Crippen molar-refractivity contribution in [3.63, 3.8) is 0 Å². The average Bonchev–Trinajstić information content (AvgIpc) is 2.70. The highest BCUT2D eigenvalue weighted by atomic mass is 35.5. The molecule has 2 unspecified atom stereocenters. The molecule has 0 aliphatic carbocycles. The maximum absolute atomic E-state index is 12.8. The number of alkyl carbamates (subject to hydrolysis) is 1. The van der Waals surface area contributed by atoms with Gasteiger partial charge < -0.3 is 30.6 Å². The molecule has 9 nitrogen and oxygen atoms in total. The number of halogens is 1. The van der Waals surface area contributed by atoms with Gasteiger partial charge in [-0.1, -0.05) is 11.6 Å². The molecule has 1 fully saturated rings. The first-order chi connectivity index (χ1) is 13.9. The number of ether oxygens (including phenoxy) is 3. The molecule has 0 spiro atoms. The van der Waals surface area contributed by atoms with Crippen molar-refractivity contribution in [3.8, 4) is 5.75 Å². The molecule has 1 aliphatic rings. The number of nitrogens with one attached hydrogen (secondary N) is 2. The molecule has 1 aromatic rings. The number of hydrogen-bond acceptors (Lipinski definition) is 7. The number of carbonyl (C=O) groups excluding carboxylic acids is 2. The quantitative estimate of drug-likeness (QED) is 0.537. The molecule has 0 aromatic heterocycles. The molecule has 1 aliphatic heterocycles. The van der Waals surface area contributed by atoms with E-state index in [0.29, 0.717) is 54.7 Å². The molecule has 1 heterocycles. The molecule has 2 rings (SSSR count). The summed E-state index contributed by atoms with van der Waals surface area (Å²) in [5.41, 5.74) is 6.45. The van der Waals surface area contributed by atoms with Crippen molar-refractivity contribution in [2.45, 2.75) is 25.5 Å². The second kappa shape index (κ2) is 11.1. The fourth-order valence-electron chi connectivity index (χ4n) is 3.25.